The van der Waals surface area contributed by atoms with Gasteiger partial charge < -0.3 is 5.73 Å². The molecule has 0 bridgehead atoms. The molecule has 2 N–H and O–H groups in total. The lowest BCUT2D eigenvalue weighted by atomic mass is 10.0. The Morgan fingerprint density at radius 1 is 1.50 bits per heavy atom. The summed E-state index contributed by atoms with van der Waals surface area (Å²) in [4.78, 5) is 0. The summed E-state index contributed by atoms with van der Waals surface area (Å²) >= 11 is 0. The molecule has 12 heavy (non-hydrogen) atoms. The van der Waals surface area contributed by atoms with E-state index in [0.29, 0.717) is 0 Å². The molecule has 60 valence electrons. The summed E-state index contributed by atoms with van der Waals surface area (Å²) in [5.74, 6) is 2.69. The van der Waals surface area contributed by atoms with E-state index >= 15 is 0 Å². The van der Waals surface area contributed by atoms with Gasteiger partial charge in [0.05, 0.1) is 0 Å². The Labute approximate surface area is 72.6 Å². The Hall–Kier alpha value is -1.26. The predicted octanol–water partition coefficient (Wildman–Crippen LogP) is 1.61. The third kappa shape index (κ3) is 0.929. The highest BCUT2D eigenvalue weighted by Crippen LogP contribution is 2.30. The summed E-state index contributed by atoms with van der Waals surface area (Å²) < 4.78 is 0. The van der Waals surface area contributed by atoms with E-state index in [1.54, 1.807) is 0 Å². The number of hydrogen-bond acceptors (Lipinski definition) is 1. The molecular weight excluding hydrogens is 146 g/mol. The fourth-order valence-corrected chi connectivity index (χ4v) is 1.82. The molecule has 0 saturated heterocycles. The molecule has 1 aliphatic rings. The van der Waals surface area contributed by atoms with E-state index in [0.717, 1.165) is 18.4 Å². The maximum absolute atomic E-state index is 5.90. The Morgan fingerprint density at radius 3 is 3.08 bits per heavy atom. The van der Waals surface area contributed by atoms with Gasteiger partial charge in [0, 0.05) is 11.6 Å². The molecule has 0 fully saturated rings. The Balaban J connectivity index is 2.60. The molecule has 0 radical (unpaired) electrons. The van der Waals surface area contributed by atoms with Gasteiger partial charge in [0.2, 0.25) is 0 Å². The standard InChI is InChI=1S/C11H11N/c1-2-8-4-3-5-10-9(8)6-7-11(10)12/h1,3-5,11H,6-7,12H2/t11-/m0/s1. The van der Waals surface area contributed by atoms with Crippen molar-refractivity contribution in [1.29, 1.82) is 0 Å². The van der Waals surface area contributed by atoms with Gasteiger partial charge in [-0.25, -0.2) is 0 Å². The Bertz CT molecular complexity index is 347. The van der Waals surface area contributed by atoms with E-state index in [4.69, 9.17) is 12.2 Å². The first-order valence-electron chi connectivity index (χ1n) is 4.17. The smallest absolute Gasteiger partial charge is 0.0301 e. The van der Waals surface area contributed by atoms with Crippen LogP contribution < -0.4 is 5.73 Å². The van der Waals surface area contributed by atoms with Crippen molar-refractivity contribution in [2.75, 3.05) is 0 Å². The molecule has 0 saturated carbocycles. The zero-order valence-corrected chi connectivity index (χ0v) is 6.88. The zero-order valence-electron chi connectivity index (χ0n) is 6.88. The molecule has 0 amide bonds. The lowest BCUT2D eigenvalue weighted by Gasteiger charge is -2.04. The van der Waals surface area contributed by atoms with Gasteiger partial charge >= 0.3 is 0 Å². The van der Waals surface area contributed by atoms with Gasteiger partial charge in [0.1, 0.15) is 0 Å². The van der Waals surface area contributed by atoms with Gasteiger partial charge in [-0.05, 0) is 30.0 Å². The molecule has 1 atom stereocenters. The molecule has 1 heteroatoms. The van der Waals surface area contributed by atoms with Crippen molar-refractivity contribution in [2.24, 2.45) is 5.73 Å². The highest BCUT2D eigenvalue weighted by Gasteiger charge is 2.20. The number of fused-ring (bicyclic) bond motifs is 1. The van der Waals surface area contributed by atoms with Crippen LogP contribution >= 0.6 is 0 Å². The van der Waals surface area contributed by atoms with Crippen molar-refractivity contribution in [3.8, 4) is 12.3 Å². The lowest BCUT2D eigenvalue weighted by Crippen LogP contribution is -2.04. The summed E-state index contributed by atoms with van der Waals surface area (Å²) in [5, 5.41) is 0. The molecule has 1 aromatic carbocycles. The zero-order chi connectivity index (χ0) is 8.55. The third-order valence-electron chi connectivity index (χ3n) is 2.47. The summed E-state index contributed by atoms with van der Waals surface area (Å²) in [6, 6.07) is 6.25. The molecule has 0 aromatic heterocycles. The first-order valence-corrected chi connectivity index (χ1v) is 4.17. The maximum atomic E-state index is 5.90. The highest BCUT2D eigenvalue weighted by atomic mass is 14.6. The summed E-state index contributed by atoms with van der Waals surface area (Å²) in [6.07, 6.45) is 7.45. The van der Waals surface area contributed by atoms with Gasteiger partial charge in [-0.2, -0.15) is 0 Å². The molecule has 1 nitrogen and oxygen atoms in total. The molecule has 0 spiro atoms. The number of nitrogens with two attached hydrogens (primary N) is 1. The second kappa shape index (κ2) is 2.66. The molecule has 0 heterocycles. The van der Waals surface area contributed by atoms with Gasteiger partial charge in [0.25, 0.3) is 0 Å². The van der Waals surface area contributed by atoms with E-state index < -0.39 is 0 Å². The van der Waals surface area contributed by atoms with Crippen LogP contribution in [0, 0.1) is 12.3 Å². The van der Waals surface area contributed by atoms with Crippen LogP contribution in [0.3, 0.4) is 0 Å². The van der Waals surface area contributed by atoms with Gasteiger partial charge in [-0.1, -0.05) is 18.1 Å². The maximum Gasteiger partial charge on any atom is 0.0301 e. The fraction of sp³-hybridized carbons (Fsp3) is 0.273. The normalized spacial score (nSPS) is 20.2. The van der Waals surface area contributed by atoms with Crippen LogP contribution in [-0.4, -0.2) is 0 Å². The average Bonchev–Trinajstić information content (AvgIpc) is 2.48. The van der Waals surface area contributed by atoms with Crippen LogP contribution in [0.2, 0.25) is 0 Å². The van der Waals surface area contributed by atoms with Crippen molar-refractivity contribution in [1.82, 2.24) is 0 Å². The van der Waals surface area contributed by atoms with Crippen LogP contribution in [0.5, 0.6) is 0 Å². The minimum absolute atomic E-state index is 0.202. The largest absolute Gasteiger partial charge is 0.324 e. The van der Waals surface area contributed by atoms with Gasteiger partial charge in [0.15, 0.2) is 0 Å². The first kappa shape index (κ1) is 7.39. The van der Waals surface area contributed by atoms with Crippen LogP contribution in [0.4, 0.5) is 0 Å². The molecule has 1 aromatic rings. The molecular formula is C11H11N. The van der Waals surface area contributed by atoms with E-state index in [1.165, 1.54) is 11.1 Å². The first-order chi connectivity index (χ1) is 5.83. The lowest BCUT2D eigenvalue weighted by molar-refractivity contribution is 0.713. The number of terminal acetylenes is 1. The Morgan fingerprint density at radius 2 is 2.33 bits per heavy atom. The summed E-state index contributed by atoms with van der Waals surface area (Å²) in [7, 11) is 0. The van der Waals surface area contributed by atoms with Gasteiger partial charge in [-0.15, -0.1) is 6.42 Å². The molecule has 1 aliphatic carbocycles. The minimum atomic E-state index is 0.202. The van der Waals surface area contributed by atoms with Crippen LogP contribution in [0.25, 0.3) is 0 Å². The minimum Gasteiger partial charge on any atom is -0.324 e. The van der Waals surface area contributed by atoms with Crippen molar-refractivity contribution in [3.05, 3.63) is 34.9 Å². The van der Waals surface area contributed by atoms with Crippen molar-refractivity contribution in [3.63, 3.8) is 0 Å². The van der Waals surface area contributed by atoms with E-state index in [9.17, 15) is 0 Å². The third-order valence-corrected chi connectivity index (χ3v) is 2.47. The van der Waals surface area contributed by atoms with Gasteiger partial charge in [-0.3, -0.25) is 0 Å². The number of benzene rings is 1. The van der Waals surface area contributed by atoms with Crippen molar-refractivity contribution >= 4 is 0 Å². The molecule has 0 unspecified atom stereocenters. The predicted molar refractivity (Wildman–Crippen MR) is 49.6 cm³/mol. The fourth-order valence-electron chi connectivity index (χ4n) is 1.82. The number of rotatable bonds is 0. The summed E-state index contributed by atoms with van der Waals surface area (Å²) in [5.41, 5.74) is 9.44. The molecule has 0 aliphatic heterocycles. The second-order valence-corrected chi connectivity index (χ2v) is 3.16. The second-order valence-electron chi connectivity index (χ2n) is 3.16. The monoisotopic (exact) mass is 157 g/mol. The van der Waals surface area contributed by atoms with E-state index in [1.807, 2.05) is 12.1 Å². The van der Waals surface area contributed by atoms with Crippen molar-refractivity contribution < 1.29 is 0 Å². The van der Waals surface area contributed by atoms with E-state index in [2.05, 4.69) is 12.0 Å². The van der Waals surface area contributed by atoms with Crippen molar-refractivity contribution in [2.45, 2.75) is 18.9 Å². The SMILES string of the molecule is C#Cc1cccc2c1CC[C@@H]2N. The topological polar surface area (TPSA) is 26.0 Å². The van der Waals surface area contributed by atoms with Crippen LogP contribution in [0.1, 0.15) is 29.2 Å². The summed E-state index contributed by atoms with van der Waals surface area (Å²) in [6.45, 7) is 0. The Kier molecular flexibility index (Phi) is 1.64. The quantitative estimate of drug-likeness (QED) is 0.569. The number of hydrogen-bond donors (Lipinski definition) is 1. The average molecular weight is 157 g/mol. The molecule has 2 rings (SSSR count). The highest BCUT2D eigenvalue weighted by molar-refractivity contribution is 5.47. The van der Waals surface area contributed by atoms with Crippen LogP contribution in [-0.2, 0) is 6.42 Å². The van der Waals surface area contributed by atoms with Crippen LogP contribution in [0.15, 0.2) is 18.2 Å². The van der Waals surface area contributed by atoms with E-state index in [-0.39, 0.29) is 6.04 Å².